The van der Waals surface area contributed by atoms with E-state index in [0.29, 0.717) is 36.2 Å². The molecule has 0 aromatic carbocycles. The van der Waals surface area contributed by atoms with Crippen LogP contribution in [0.2, 0.25) is 0 Å². The monoisotopic (exact) mass is 274 g/mol. The quantitative estimate of drug-likeness (QED) is 0.581. The van der Waals surface area contributed by atoms with Crippen LogP contribution in [0.1, 0.15) is 13.8 Å². The van der Waals surface area contributed by atoms with E-state index in [2.05, 4.69) is 12.2 Å². The van der Waals surface area contributed by atoms with Crippen molar-refractivity contribution in [2.24, 2.45) is 23.7 Å². The second kappa shape index (κ2) is 4.93. The molecular formula is C16H18O4. The second-order valence-electron chi connectivity index (χ2n) is 5.24. The molecule has 2 bridgehead atoms. The summed E-state index contributed by atoms with van der Waals surface area (Å²) in [5, 5.41) is 0. The summed E-state index contributed by atoms with van der Waals surface area (Å²) < 4.78 is 10.3. The van der Waals surface area contributed by atoms with Crippen LogP contribution in [0.5, 0.6) is 0 Å². The lowest BCUT2D eigenvalue weighted by Gasteiger charge is -2.48. The lowest BCUT2D eigenvalue weighted by atomic mass is 9.55. The molecule has 0 unspecified atom stereocenters. The summed E-state index contributed by atoms with van der Waals surface area (Å²) in [6.45, 7) is 4.16. The van der Waals surface area contributed by atoms with Gasteiger partial charge in [0.25, 0.3) is 0 Å². The molecule has 106 valence electrons. The van der Waals surface area contributed by atoms with Crippen molar-refractivity contribution in [3.8, 4) is 0 Å². The smallest absolute Gasteiger partial charge is 0.335 e. The number of hydrogen-bond acceptors (Lipinski definition) is 4. The van der Waals surface area contributed by atoms with Crippen LogP contribution in [-0.2, 0) is 19.1 Å². The Morgan fingerprint density at radius 2 is 1.25 bits per heavy atom. The van der Waals surface area contributed by atoms with Gasteiger partial charge in [-0.15, -0.1) is 0 Å². The molecule has 0 aromatic rings. The van der Waals surface area contributed by atoms with Gasteiger partial charge in [0.1, 0.15) is 0 Å². The van der Waals surface area contributed by atoms with Crippen LogP contribution in [-0.4, -0.2) is 25.2 Å². The number of allylic oxidation sites excluding steroid dienone is 4. The molecule has 0 heterocycles. The predicted molar refractivity (Wildman–Crippen MR) is 72.5 cm³/mol. The van der Waals surface area contributed by atoms with Crippen LogP contribution in [0.15, 0.2) is 35.5 Å². The Bertz CT molecular complexity index is 495. The lowest BCUT2D eigenvalue weighted by Crippen LogP contribution is -2.45. The zero-order valence-corrected chi connectivity index (χ0v) is 11.7. The molecule has 0 fully saturated rings. The highest BCUT2D eigenvalue weighted by atomic mass is 16.5. The third-order valence-electron chi connectivity index (χ3n) is 4.30. The minimum Gasteiger partial charge on any atom is -0.463 e. The summed E-state index contributed by atoms with van der Waals surface area (Å²) in [5.74, 6) is -0.214. The van der Waals surface area contributed by atoms with E-state index in [9.17, 15) is 9.59 Å². The maximum Gasteiger partial charge on any atom is 0.335 e. The number of esters is 2. The molecule has 4 aliphatic carbocycles. The molecule has 20 heavy (non-hydrogen) atoms. The third-order valence-corrected chi connectivity index (χ3v) is 4.30. The van der Waals surface area contributed by atoms with Gasteiger partial charge < -0.3 is 9.47 Å². The molecule has 0 saturated heterocycles. The Morgan fingerprint density at radius 1 is 0.850 bits per heavy atom. The molecule has 0 amide bonds. The minimum atomic E-state index is -0.381. The first-order valence-corrected chi connectivity index (χ1v) is 7.14. The van der Waals surface area contributed by atoms with Gasteiger partial charge in [-0.2, -0.15) is 0 Å². The molecule has 4 atom stereocenters. The molecule has 0 spiro atoms. The van der Waals surface area contributed by atoms with Gasteiger partial charge in [-0.25, -0.2) is 9.59 Å². The fourth-order valence-electron chi connectivity index (χ4n) is 3.43. The molecule has 4 heteroatoms. The van der Waals surface area contributed by atoms with Crippen molar-refractivity contribution in [2.45, 2.75) is 13.8 Å². The number of carbonyl (C=O) groups is 2. The van der Waals surface area contributed by atoms with Gasteiger partial charge in [0, 0.05) is 11.8 Å². The zero-order valence-electron chi connectivity index (χ0n) is 11.7. The number of ether oxygens (including phenoxy) is 2. The SMILES string of the molecule is CCOC(=O)C1=C(C(=O)OCC)[C@@H]2C=C[C@H]1[C@H]1C=C[C@H]12. The van der Waals surface area contributed by atoms with E-state index >= 15 is 0 Å². The van der Waals surface area contributed by atoms with Crippen molar-refractivity contribution in [3.05, 3.63) is 35.5 Å². The average molecular weight is 274 g/mol. The van der Waals surface area contributed by atoms with E-state index in [1.165, 1.54) is 0 Å². The van der Waals surface area contributed by atoms with Gasteiger partial charge in [-0.05, 0) is 25.7 Å². The van der Waals surface area contributed by atoms with Crippen LogP contribution in [0.3, 0.4) is 0 Å². The maximum absolute atomic E-state index is 12.2. The minimum absolute atomic E-state index is 0.0477. The zero-order chi connectivity index (χ0) is 14.3. The van der Waals surface area contributed by atoms with Gasteiger partial charge in [0.2, 0.25) is 0 Å². The van der Waals surface area contributed by atoms with Crippen LogP contribution in [0.25, 0.3) is 0 Å². The third kappa shape index (κ3) is 1.74. The molecule has 4 aliphatic rings. The van der Waals surface area contributed by atoms with Crippen molar-refractivity contribution in [1.82, 2.24) is 0 Å². The van der Waals surface area contributed by atoms with Gasteiger partial charge in [-0.3, -0.25) is 0 Å². The Labute approximate surface area is 118 Å². The average Bonchev–Trinajstić information content (AvgIpc) is 2.38. The van der Waals surface area contributed by atoms with E-state index in [1.54, 1.807) is 13.8 Å². The summed E-state index contributed by atoms with van der Waals surface area (Å²) in [7, 11) is 0. The molecule has 0 aromatic heterocycles. The number of carbonyl (C=O) groups excluding carboxylic acids is 2. The first kappa shape index (κ1) is 13.2. The van der Waals surface area contributed by atoms with E-state index in [0.717, 1.165) is 0 Å². The van der Waals surface area contributed by atoms with Gasteiger partial charge >= 0.3 is 11.9 Å². The summed E-state index contributed by atoms with van der Waals surface area (Å²) in [4.78, 5) is 24.5. The predicted octanol–water partition coefficient (Wildman–Crippen LogP) is 2.03. The Morgan fingerprint density at radius 3 is 1.55 bits per heavy atom. The van der Waals surface area contributed by atoms with Gasteiger partial charge in [-0.1, -0.05) is 24.3 Å². The highest BCUT2D eigenvalue weighted by Gasteiger charge is 2.51. The Hall–Kier alpha value is -1.84. The van der Waals surface area contributed by atoms with E-state index in [4.69, 9.17) is 9.47 Å². The lowest BCUT2D eigenvalue weighted by molar-refractivity contribution is -0.143. The fraction of sp³-hybridized carbons (Fsp3) is 0.500. The fourth-order valence-corrected chi connectivity index (χ4v) is 3.43. The highest BCUT2D eigenvalue weighted by Crippen LogP contribution is 2.53. The molecule has 0 aliphatic heterocycles. The number of rotatable bonds is 4. The maximum atomic E-state index is 12.2. The summed E-state index contributed by atoms with van der Waals surface area (Å²) >= 11 is 0. The van der Waals surface area contributed by atoms with Crippen molar-refractivity contribution < 1.29 is 19.1 Å². The van der Waals surface area contributed by atoms with E-state index < -0.39 is 0 Å². The van der Waals surface area contributed by atoms with Crippen molar-refractivity contribution >= 4 is 11.9 Å². The molecule has 4 rings (SSSR count). The van der Waals surface area contributed by atoms with Crippen LogP contribution in [0, 0.1) is 23.7 Å². The molecule has 0 saturated carbocycles. The highest BCUT2D eigenvalue weighted by molar-refractivity contribution is 6.03. The second-order valence-corrected chi connectivity index (χ2v) is 5.24. The van der Waals surface area contributed by atoms with Crippen molar-refractivity contribution in [2.75, 3.05) is 13.2 Å². The first-order valence-electron chi connectivity index (χ1n) is 7.14. The first-order chi connectivity index (χ1) is 9.69. The molecular weight excluding hydrogens is 256 g/mol. The Kier molecular flexibility index (Phi) is 3.24. The summed E-state index contributed by atoms with van der Waals surface area (Å²) in [5.41, 5.74) is 1.01. The summed E-state index contributed by atoms with van der Waals surface area (Å²) in [6.07, 6.45) is 8.30. The standard InChI is InChI=1S/C16H18O4/c1-3-19-15(17)13-11-7-8-12(10-6-5-9(10)11)14(13)16(18)20-4-2/h5-12H,3-4H2,1-2H3/t9-,10+,11-,12+. The topological polar surface area (TPSA) is 52.6 Å². The molecule has 4 nitrogen and oxygen atoms in total. The van der Waals surface area contributed by atoms with Crippen LogP contribution < -0.4 is 0 Å². The van der Waals surface area contributed by atoms with Crippen molar-refractivity contribution in [3.63, 3.8) is 0 Å². The largest absolute Gasteiger partial charge is 0.463 e. The van der Waals surface area contributed by atoms with E-state index in [1.807, 2.05) is 12.2 Å². The Balaban J connectivity index is 2.02. The van der Waals surface area contributed by atoms with Crippen LogP contribution in [0.4, 0.5) is 0 Å². The molecule has 0 radical (unpaired) electrons. The van der Waals surface area contributed by atoms with Gasteiger partial charge in [0.05, 0.1) is 24.4 Å². The number of hydrogen-bond donors (Lipinski definition) is 0. The van der Waals surface area contributed by atoms with Gasteiger partial charge in [0.15, 0.2) is 0 Å². The molecule has 0 N–H and O–H groups in total. The van der Waals surface area contributed by atoms with E-state index in [-0.39, 0.29) is 23.8 Å². The summed E-state index contributed by atoms with van der Waals surface area (Å²) in [6, 6.07) is 0. The van der Waals surface area contributed by atoms with Crippen LogP contribution >= 0.6 is 0 Å². The van der Waals surface area contributed by atoms with Crippen molar-refractivity contribution in [1.29, 1.82) is 0 Å². The normalized spacial score (nSPS) is 32.7.